The monoisotopic (exact) mass is 324 g/mol. The third-order valence-corrected chi connectivity index (χ3v) is 4.06. The van der Waals surface area contributed by atoms with Gasteiger partial charge in [0.05, 0.1) is 5.56 Å². The zero-order chi connectivity index (χ0) is 16.9. The molecule has 0 amide bonds. The van der Waals surface area contributed by atoms with Gasteiger partial charge in [-0.15, -0.1) is 0 Å². The third kappa shape index (κ3) is 3.72. The summed E-state index contributed by atoms with van der Waals surface area (Å²) >= 11 is 0. The van der Waals surface area contributed by atoms with Gasteiger partial charge in [0.2, 0.25) is 0 Å². The summed E-state index contributed by atoms with van der Waals surface area (Å²) in [7, 11) is 1.58. The van der Waals surface area contributed by atoms with Crippen LogP contribution in [-0.4, -0.2) is 32.1 Å². The van der Waals surface area contributed by atoms with Crippen LogP contribution in [0.4, 0.5) is 0 Å². The summed E-state index contributed by atoms with van der Waals surface area (Å²) in [6.45, 7) is 4.08. The highest BCUT2D eigenvalue weighted by atomic mass is 16.7. The molecule has 0 aliphatic carbocycles. The van der Waals surface area contributed by atoms with Gasteiger partial charge in [-0.05, 0) is 28.8 Å². The molecule has 24 heavy (non-hydrogen) atoms. The van der Waals surface area contributed by atoms with Gasteiger partial charge in [-0.2, -0.15) is 0 Å². The largest absolute Gasteiger partial charge is 0.459 e. The lowest BCUT2D eigenvalue weighted by atomic mass is 10.0. The van der Waals surface area contributed by atoms with Crippen molar-refractivity contribution in [3.63, 3.8) is 0 Å². The van der Waals surface area contributed by atoms with E-state index in [2.05, 4.69) is 6.58 Å². The molecule has 0 N–H and O–H groups in total. The Kier molecular flexibility index (Phi) is 5.08. The van der Waals surface area contributed by atoms with Crippen LogP contribution < -0.4 is 0 Å². The van der Waals surface area contributed by atoms with Crippen LogP contribution in [0, 0.1) is 0 Å². The first-order chi connectivity index (χ1) is 11.7. The second-order valence-electron chi connectivity index (χ2n) is 5.69. The minimum Gasteiger partial charge on any atom is -0.459 e. The Bertz CT molecular complexity index is 706. The van der Waals surface area contributed by atoms with E-state index < -0.39 is 0 Å². The van der Waals surface area contributed by atoms with E-state index in [4.69, 9.17) is 14.2 Å². The van der Waals surface area contributed by atoms with Crippen molar-refractivity contribution < 1.29 is 19.0 Å². The Morgan fingerprint density at radius 3 is 2.42 bits per heavy atom. The molecule has 2 atom stereocenters. The van der Waals surface area contributed by atoms with Gasteiger partial charge in [0.1, 0.15) is 12.7 Å². The van der Waals surface area contributed by atoms with Crippen molar-refractivity contribution in [3.8, 4) is 11.1 Å². The van der Waals surface area contributed by atoms with Gasteiger partial charge < -0.3 is 14.2 Å². The van der Waals surface area contributed by atoms with Gasteiger partial charge >= 0.3 is 5.97 Å². The molecule has 1 aliphatic rings. The second kappa shape index (κ2) is 7.43. The molecule has 0 aromatic heterocycles. The Morgan fingerprint density at radius 1 is 1.12 bits per heavy atom. The molecule has 0 bridgehead atoms. The number of esters is 1. The van der Waals surface area contributed by atoms with Crippen molar-refractivity contribution >= 4 is 5.97 Å². The molecule has 0 radical (unpaired) electrons. The van der Waals surface area contributed by atoms with E-state index in [0.29, 0.717) is 12.0 Å². The number of methoxy groups -OCH3 is 1. The van der Waals surface area contributed by atoms with Crippen molar-refractivity contribution in [1.82, 2.24) is 0 Å². The maximum Gasteiger partial charge on any atom is 0.338 e. The summed E-state index contributed by atoms with van der Waals surface area (Å²) in [6.07, 6.45) is 0.0265. The van der Waals surface area contributed by atoms with E-state index in [1.54, 1.807) is 19.2 Å². The number of benzene rings is 2. The smallest absolute Gasteiger partial charge is 0.338 e. The third-order valence-electron chi connectivity index (χ3n) is 4.06. The van der Waals surface area contributed by atoms with Crippen molar-refractivity contribution in [2.45, 2.75) is 18.8 Å². The molecule has 124 valence electrons. The van der Waals surface area contributed by atoms with Crippen molar-refractivity contribution in [2.75, 3.05) is 13.7 Å². The average molecular weight is 324 g/mol. The van der Waals surface area contributed by atoms with Gasteiger partial charge in [0, 0.05) is 13.5 Å². The Labute approximate surface area is 141 Å². The lowest BCUT2D eigenvalue weighted by Crippen LogP contribution is -2.21. The van der Waals surface area contributed by atoms with E-state index in [1.807, 2.05) is 42.5 Å². The molecule has 1 heterocycles. The Hall–Kier alpha value is -2.43. The zero-order valence-corrected chi connectivity index (χ0v) is 13.6. The minimum atomic E-state index is -0.369. The predicted octanol–water partition coefficient (Wildman–Crippen LogP) is 3.83. The van der Waals surface area contributed by atoms with E-state index in [0.717, 1.165) is 16.7 Å². The van der Waals surface area contributed by atoms with E-state index in [9.17, 15) is 4.79 Å². The average Bonchev–Trinajstić information content (AvgIpc) is 3.00. The van der Waals surface area contributed by atoms with Gasteiger partial charge in [-0.3, -0.25) is 0 Å². The summed E-state index contributed by atoms with van der Waals surface area (Å²) in [5.74, 6) is -0.369. The van der Waals surface area contributed by atoms with Gasteiger partial charge in [0.25, 0.3) is 0 Å². The fourth-order valence-corrected chi connectivity index (χ4v) is 2.63. The second-order valence-corrected chi connectivity index (χ2v) is 5.69. The number of ether oxygens (including phenoxy) is 3. The molecule has 1 saturated heterocycles. The number of carbonyl (C=O) groups is 1. The fraction of sp³-hybridized carbons (Fsp3) is 0.250. The van der Waals surface area contributed by atoms with Crippen LogP contribution in [0.1, 0.15) is 16.8 Å². The van der Waals surface area contributed by atoms with Crippen LogP contribution in [0.25, 0.3) is 11.1 Å². The molecule has 4 heteroatoms. The van der Waals surface area contributed by atoms with Crippen molar-refractivity contribution in [2.24, 2.45) is 0 Å². The SMILES string of the molecule is C=C1C[C@@H](OC)O[C@@H]1COC(=O)c1ccc(-c2ccccc2)cc1. The summed E-state index contributed by atoms with van der Waals surface area (Å²) in [6, 6.07) is 17.4. The minimum absolute atomic E-state index is 0.151. The zero-order valence-electron chi connectivity index (χ0n) is 13.6. The molecule has 0 saturated carbocycles. The topological polar surface area (TPSA) is 44.8 Å². The molecular formula is C20H20O4. The summed E-state index contributed by atoms with van der Waals surface area (Å²) in [5.41, 5.74) is 3.57. The number of rotatable bonds is 5. The maximum absolute atomic E-state index is 12.2. The maximum atomic E-state index is 12.2. The molecule has 1 fully saturated rings. The first-order valence-corrected chi connectivity index (χ1v) is 7.86. The highest BCUT2D eigenvalue weighted by molar-refractivity contribution is 5.90. The van der Waals surface area contributed by atoms with Crippen molar-refractivity contribution in [1.29, 1.82) is 0 Å². The summed E-state index contributed by atoms with van der Waals surface area (Å²) < 4.78 is 16.1. The Balaban J connectivity index is 1.59. The quantitative estimate of drug-likeness (QED) is 0.619. The van der Waals surface area contributed by atoms with E-state index >= 15 is 0 Å². The number of hydrogen-bond donors (Lipinski definition) is 0. The summed E-state index contributed by atoms with van der Waals surface area (Å²) in [4.78, 5) is 12.2. The van der Waals surface area contributed by atoms with Gasteiger partial charge in [0.15, 0.2) is 6.29 Å². The molecule has 2 aromatic rings. The van der Waals surface area contributed by atoms with Gasteiger partial charge in [-0.1, -0.05) is 49.0 Å². The highest BCUT2D eigenvalue weighted by Crippen LogP contribution is 2.25. The normalized spacial score (nSPS) is 20.1. The molecule has 0 spiro atoms. The molecule has 2 aromatic carbocycles. The standard InChI is InChI=1S/C20H20O4/c1-14-12-19(22-2)24-18(14)13-23-20(21)17-10-8-16(9-11-17)15-6-4-3-5-7-15/h3-11,18-19H,1,12-13H2,2H3/t18-,19+/m1/s1. The lowest BCUT2D eigenvalue weighted by molar-refractivity contribution is -0.122. The summed E-state index contributed by atoms with van der Waals surface area (Å²) in [5, 5.41) is 0. The Morgan fingerprint density at radius 2 is 1.79 bits per heavy atom. The molecule has 0 unspecified atom stereocenters. The van der Waals surface area contributed by atoms with Crippen LogP contribution in [0.2, 0.25) is 0 Å². The molecule has 1 aliphatic heterocycles. The van der Waals surface area contributed by atoms with E-state index in [-0.39, 0.29) is 25.0 Å². The lowest BCUT2D eigenvalue weighted by Gasteiger charge is -2.13. The van der Waals surface area contributed by atoms with Crippen LogP contribution in [0.3, 0.4) is 0 Å². The van der Waals surface area contributed by atoms with E-state index in [1.165, 1.54) is 0 Å². The van der Waals surface area contributed by atoms with Crippen LogP contribution in [0.5, 0.6) is 0 Å². The van der Waals surface area contributed by atoms with Crippen LogP contribution in [-0.2, 0) is 14.2 Å². The number of hydrogen-bond acceptors (Lipinski definition) is 4. The first-order valence-electron chi connectivity index (χ1n) is 7.86. The molecular weight excluding hydrogens is 304 g/mol. The molecule has 3 rings (SSSR count). The predicted molar refractivity (Wildman–Crippen MR) is 91.6 cm³/mol. The first kappa shape index (κ1) is 16.4. The molecule has 4 nitrogen and oxygen atoms in total. The fourth-order valence-electron chi connectivity index (χ4n) is 2.63. The van der Waals surface area contributed by atoms with Crippen molar-refractivity contribution in [3.05, 3.63) is 72.3 Å². The number of carbonyl (C=O) groups excluding carboxylic acids is 1. The van der Waals surface area contributed by atoms with Crippen LogP contribution >= 0.6 is 0 Å². The highest BCUT2D eigenvalue weighted by Gasteiger charge is 2.29. The van der Waals surface area contributed by atoms with Gasteiger partial charge in [-0.25, -0.2) is 4.79 Å². The van der Waals surface area contributed by atoms with Crippen LogP contribution in [0.15, 0.2) is 66.7 Å².